The summed E-state index contributed by atoms with van der Waals surface area (Å²) < 4.78 is 1.95. The maximum Gasteiger partial charge on any atom is 0.0722 e. The van der Waals surface area contributed by atoms with E-state index in [2.05, 4.69) is 42.3 Å². The van der Waals surface area contributed by atoms with E-state index >= 15 is 0 Å². The van der Waals surface area contributed by atoms with Crippen molar-refractivity contribution in [1.29, 1.82) is 0 Å². The lowest BCUT2D eigenvalue weighted by molar-refractivity contribution is 0.0719. The van der Waals surface area contributed by atoms with Gasteiger partial charge in [0.2, 0.25) is 0 Å². The number of piperidine rings is 3. The van der Waals surface area contributed by atoms with E-state index in [1.807, 2.05) is 11.7 Å². The molecule has 4 rings (SSSR count). The van der Waals surface area contributed by atoms with Gasteiger partial charge in [0.05, 0.1) is 5.69 Å². The van der Waals surface area contributed by atoms with Crippen LogP contribution in [0.25, 0.3) is 0 Å². The molecule has 4 heteroatoms. The third-order valence-electron chi connectivity index (χ3n) is 4.83. The minimum absolute atomic E-state index is 0.118. The first-order chi connectivity index (χ1) is 9.43. The quantitative estimate of drug-likeness (QED) is 0.915. The Kier molecular flexibility index (Phi) is 3.63. The zero-order chi connectivity index (χ0) is 14.3. The SMILES string of the molecule is Cn1cc(CNC2CN3CCC2CC3)c(C(C)(C)C)n1. The van der Waals surface area contributed by atoms with Gasteiger partial charge in [-0.05, 0) is 31.8 Å². The summed E-state index contributed by atoms with van der Waals surface area (Å²) in [6.45, 7) is 11.5. The molecule has 1 aromatic heterocycles. The minimum Gasteiger partial charge on any atom is -0.308 e. The molecular weight excluding hydrogens is 248 g/mol. The minimum atomic E-state index is 0.118. The van der Waals surface area contributed by atoms with Crippen LogP contribution in [0.3, 0.4) is 0 Å². The second-order valence-electron chi connectivity index (χ2n) is 7.55. The molecular formula is C16H28N4. The molecule has 0 aliphatic carbocycles. The highest BCUT2D eigenvalue weighted by Crippen LogP contribution is 2.28. The summed E-state index contributed by atoms with van der Waals surface area (Å²) >= 11 is 0. The summed E-state index contributed by atoms with van der Waals surface area (Å²) in [5.41, 5.74) is 2.71. The molecule has 0 saturated carbocycles. The largest absolute Gasteiger partial charge is 0.308 e. The van der Waals surface area contributed by atoms with Crippen molar-refractivity contribution in [3.8, 4) is 0 Å². The number of rotatable bonds is 3. The summed E-state index contributed by atoms with van der Waals surface area (Å²) in [5.74, 6) is 0.884. The van der Waals surface area contributed by atoms with Gasteiger partial charge in [-0.15, -0.1) is 0 Å². The van der Waals surface area contributed by atoms with Gasteiger partial charge in [0.15, 0.2) is 0 Å². The van der Waals surface area contributed by atoms with Crippen molar-refractivity contribution in [3.05, 3.63) is 17.5 Å². The summed E-state index contributed by atoms with van der Waals surface area (Å²) in [6, 6.07) is 0.672. The molecule has 3 aliphatic rings. The Balaban J connectivity index is 1.67. The molecule has 0 aromatic carbocycles. The molecule has 0 spiro atoms. The lowest BCUT2D eigenvalue weighted by Gasteiger charge is -2.45. The summed E-state index contributed by atoms with van der Waals surface area (Å²) in [6.07, 6.45) is 4.92. The van der Waals surface area contributed by atoms with E-state index in [1.54, 1.807) is 0 Å². The summed E-state index contributed by atoms with van der Waals surface area (Å²) in [4.78, 5) is 2.60. The summed E-state index contributed by atoms with van der Waals surface area (Å²) in [7, 11) is 2.02. The monoisotopic (exact) mass is 276 g/mol. The van der Waals surface area contributed by atoms with Gasteiger partial charge in [0, 0.05) is 43.4 Å². The Labute approximate surface area is 122 Å². The van der Waals surface area contributed by atoms with Crippen LogP contribution in [-0.4, -0.2) is 40.4 Å². The third kappa shape index (κ3) is 2.77. The normalized spacial score (nSPS) is 29.9. The molecule has 4 nitrogen and oxygen atoms in total. The smallest absolute Gasteiger partial charge is 0.0722 e. The first kappa shape index (κ1) is 14.1. The lowest BCUT2D eigenvalue weighted by atomic mass is 9.84. The Morgan fingerprint density at radius 3 is 2.55 bits per heavy atom. The number of hydrogen-bond acceptors (Lipinski definition) is 3. The van der Waals surface area contributed by atoms with Crippen LogP contribution < -0.4 is 5.32 Å². The lowest BCUT2D eigenvalue weighted by Crippen LogP contribution is -2.55. The van der Waals surface area contributed by atoms with Crippen molar-refractivity contribution < 1.29 is 0 Å². The predicted octanol–water partition coefficient (Wildman–Crippen LogP) is 1.90. The molecule has 4 heterocycles. The van der Waals surface area contributed by atoms with Crippen molar-refractivity contribution in [2.45, 2.75) is 51.6 Å². The zero-order valence-electron chi connectivity index (χ0n) is 13.3. The van der Waals surface area contributed by atoms with Crippen LogP contribution in [0.1, 0.15) is 44.9 Å². The van der Waals surface area contributed by atoms with Crippen LogP contribution >= 0.6 is 0 Å². The van der Waals surface area contributed by atoms with Gasteiger partial charge in [-0.3, -0.25) is 4.68 Å². The highest BCUT2D eigenvalue weighted by Gasteiger charge is 2.34. The third-order valence-corrected chi connectivity index (χ3v) is 4.83. The van der Waals surface area contributed by atoms with E-state index in [9.17, 15) is 0 Å². The molecule has 1 atom stereocenters. The van der Waals surface area contributed by atoms with Gasteiger partial charge in [0.25, 0.3) is 0 Å². The molecule has 3 aliphatic heterocycles. The van der Waals surface area contributed by atoms with E-state index in [-0.39, 0.29) is 5.41 Å². The molecule has 3 saturated heterocycles. The molecule has 112 valence electrons. The van der Waals surface area contributed by atoms with Crippen molar-refractivity contribution in [2.24, 2.45) is 13.0 Å². The number of fused-ring (bicyclic) bond motifs is 3. The number of hydrogen-bond donors (Lipinski definition) is 1. The number of aromatic nitrogens is 2. The molecule has 3 fully saturated rings. The van der Waals surface area contributed by atoms with Crippen LogP contribution in [0.4, 0.5) is 0 Å². The van der Waals surface area contributed by atoms with Crippen LogP contribution in [-0.2, 0) is 19.0 Å². The fourth-order valence-electron chi connectivity index (χ4n) is 3.74. The Morgan fingerprint density at radius 2 is 2.00 bits per heavy atom. The highest BCUT2D eigenvalue weighted by molar-refractivity contribution is 5.24. The van der Waals surface area contributed by atoms with Gasteiger partial charge in [0.1, 0.15) is 0 Å². The van der Waals surface area contributed by atoms with Gasteiger partial charge in [-0.25, -0.2) is 0 Å². The van der Waals surface area contributed by atoms with E-state index in [0.29, 0.717) is 6.04 Å². The Bertz CT molecular complexity index is 463. The van der Waals surface area contributed by atoms with Crippen molar-refractivity contribution in [2.75, 3.05) is 19.6 Å². The fourth-order valence-corrected chi connectivity index (χ4v) is 3.74. The first-order valence-corrected chi connectivity index (χ1v) is 7.92. The van der Waals surface area contributed by atoms with Crippen LogP contribution in [0.15, 0.2) is 6.20 Å². The fraction of sp³-hybridized carbons (Fsp3) is 0.812. The molecule has 20 heavy (non-hydrogen) atoms. The molecule has 1 aromatic rings. The average molecular weight is 276 g/mol. The van der Waals surface area contributed by atoms with Crippen molar-refractivity contribution in [1.82, 2.24) is 20.0 Å². The Morgan fingerprint density at radius 1 is 1.30 bits per heavy atom. The maximum atomic E-state index is 4.66. The van der Waals surface area contributed by atoms with E-state index in [1.165, 1.54) is 43.7 Å². The van der Waals surface area contributed by atoms with Gasteiger partial charge in [-0.2, -0.15) is 5.10 Å². The van der Waals surface area contributed by atoms with Gasteiger partial charge in [-0.1, -0.05) is 20.8 Å². The van der Waals surface area contributed by atoms with E-state index in [4.69, 9.17) is 0 Å². The first-order valence-electron chi connectivity index (χ1n) is 7.92. The highest BCUT2D eigenvalue weighted by atomic mass is 15.3. The zero-order valence-corrected chi connectivity index (χ0v) is 13.3. The molecule has 0 amide bonds. The standard InChI is InChI=1S/C16H28N4/c1-16(2,3)15-13(10-19(4)18-15)9-17-14-11-20-7-5-12(14)6-8-20/h10,12,14,17H,5-9,11H2,1-4H3. The molecule has 1 unspecified atom stereocenters. The topological polar surface area (TPSA) is 33.1 Å². The van der Waals surface area contributed by atoms with Crippen LogP contribution in [0.2, 0.25) is 0 Å². The number of nitrogens with one attached hydrogen (secondary N) is 1. The van der Waals surface area contributed by atoms with Gasteiger partial charge >= 0.3 is 0 Å². The number of aryl methyl sites for hydroxylation is 1. The second kappa shape index (κ2) is 5.15. The Hall–Kier alpha value is -0.870. The van der Waals surface area contributed by atoms with Gasteiger partial charge < -0.3 is 10.2 Å². The van der Waals surface area contributed by atoms with E-state index < -0.39 is 0 Å². The molecule has 1 N–H and O–H groups in total. The second-order valence-corrected chi connectivity index (χ2v) is 7.55. The molecule has 0 radical (unpaired) electrons. The van der Waals surface area contributed by atoms with Crippen molar-refractivity contribution >= 4 is 0 Å². The molecule has 2 bridgehead atoms. The van der Waals surface area contributed by atoms with Crippen LogP contribution in [0, 0.1) is 5.92 Å². The van der Waals surface area contributed by atoms with E-state index in [0.717, 1.165) is 12.5 Å². The predicted molar refractivity (Wildman–Crippen MR) is 81.7 cm³/mol. The van der Waals surface area contributed by atoms with Crippen LogP contribution in [0.5, 0.6) is 0 Å². The average Bonchev–Trinajstić information content (AvgIpc) is 2.79. The maximum absolute atomic E-state index is 4.66. The van der Waals surface area contributed by atoms with Crippen molar-refractivity contribution in [3.63, 3.8) is 0 Å². The summed E-state index contributed by atoms with van der Waals surface area (Å²) in [5, 5.41) is 8.46. The number of nitrogens with zero attached hydrogens (tertiary/aromatic N) is 3.